The van der Waals surface area contributed by atoms with Gasteiger partial charge in [0.1, 0.15) is 0 Å². The molecule has 4 heteroatoms. The van der Waals surface area contributed by atoms with Gasteiger partial charge in [-0.2, -0.15) is 0 Å². The zero-order valence-electron chi connectivity index (χ0n) is 25.6. The van der Waals surface area contributed by atoms with Gasteiger partial charge in [0, 0.05) is 6.42 Å². The summed E-state index contributed by atoms with van der Waals surface area (Å²) in [5.74, 6) is 1.43. The third kappa shape index (κ3) is 9.90. The highest BCUT2D eigenvalue weighted by Gasteiger charge is 2.54. The van der Waals surface area contributed by atoms with Gasteiger partial charge in [0.2, 0.25) is 0 Å². The molecule has 0 aromatic carbocycles. The molecule has 0 aliphatic heterocycles. The molecule has 0 aromatic heterocycles. The molecular formula is C35H62O4. The SMILES string of the molecule is C.C=C1/C(=C\C)C[C@@H](O)CC1O.C=C1CCCC2(C)C1CC[C@@H]2[C@](C)(C/C=C\OC(C)C)CCCC(C)(C)O. The van der Waals surface area contributed by atoms with Gasteiger partial charge in [-0.1, -0.05) is 52.5 Å². The Morgan fingerprint density at radius 3 is 2.38 bits per heavy atom. The van der Waals surface area contributed by atoms with Crippen LogP contribution in [0.25, 0.3) is 0 Å². The van der Waals surface area contributed by atoms with E-state index in [0.717, 1.165) is 36.3 Å². The molecule has 3 aliphatic carbocycles. The van der Waals surface area contributed by atoms with Crippen LogP contribution in [0.15, 0.2) is 48.3 Å². The lowest BCUT2D eigenvalue weighted by molar-refractivity contribution is 0.0191. The van der Waals surface area contributed by atoms with Crippen LogP contribution >= 0.6 is 0 Å². The first-order valence-electron chi connectivity index (χ1n) is 15.0. The largest absolute Gasteiger partial charge is 0.499 e. The highest BCUT2D eigenvalue weighted by atomic mass is 16.5. The van der Waals surface area contributed by atoms with Crippen LogP contribution in [0, 0.1) is 22.7 Å². The van der Waals surface area contributed by atoms with Crippen LogP contribution in [-0.4, -0.2) is 39.2 Å². The fourth-order valence-electron chi connectivity index (χ4n) is 7.53. The molecule has 3 fully saturated rings. The smallest absolute Gasteiger partial charge is 0.0922 e. The van der Waals surface area contributed by atoms with Gasteiger partial charge in [-0.15, -0.1) is 0 Å². The van der Waals surface area contributed by atoms with Crippen molar-refractivity contribution in [3.63, 3.8) is 0 Å². The Morgan fingerprint density at radius 1 is 1.13 bits per heavy atom. The average molecular weight is 547 g/mol. The molecule has 0 bridgehead atoms. The van der Waals surface area contributed by atoms with Gasteiger partial charge in [0.25, 0.3) is 0 Å². The van der Waals surface area contributed by atoms with Crippen molar-refractivity contribution >= 4 is 0 Å². The number of aliphatic hydroxyl groups excluding tert-OH is 2. The second kappa shape index (κ2) is 15.0. The summed E-state index contributed by atoms with van der Waals surface area (Å²) in [5.41, 5.74) is 3.32. The quantitative estimate of drug-likeness (QED) is 0.200. The second-order valence-electron chi connectivity index (χ2n) is 13.7. The van der Waals surface area contributed by atoms with Gasteiger partial charge < -0.3 is 20.1 Å². The summed E-state index contributed by atoms with van der Waals surface area (Å²) >= 11 is 0. The Balaban J connectivity index is 0.000000532. The molecule has 39 heavy (non-hydrogen) atoms. The lowest BCUT2D eigenvalue weighted by Crippen LogP contribution is -2.41. The van der Waals surface area contributed by atoms with Gasteiger partial charge in [0.05, 0.1) is 30.2 Å². The van der Waals surface area contributed by atoms with E-state index in [0.29, 0.717) is 24.2 Å². The van der Waals surface area contributed by atoms with Crippen molar-refractivity contribution in [2.75, 3.05) is 0 Å². The van der Waals surface area contributed by atoms with E-state index in [1.807, 2.05) is 33.1 Å². The van der Waals surface area contributed by atoms with E-state index in [4.69, 9.17) is 4.74 Å². The first-order valence-corrected chi connectivity index (χ1v) is 15.0. The molecule has 0 aromatic rings. The van der Waals surface area contributed by atoms with Gasteiger partial charge >= 0.3 is 0 Å². The zero-order valence-corrected chi connectivity index (χ0v) is 25.6. The number of fused-ring (bicyclic) bond motifs is 1. The van der Waals surface area contributed by atoms with Gasteiger partial charge in [-0.25, -0.2) is 0 Å². The van der Waals surface area contributed by atoms with Crippen molar-refractivity contribution < 1.29 is 20.1 Å². The summed E-state index contributed by atoms with van der Waals surface area (Å²) in [5, 5.41) is 28.8. The van der Waals surface area contributed by atoms with Crippen molar-refractivity contribution in [3.05, 3.63) is 48.3 Å². The molecule has 226 valence electrons. The number of hydrogen-bond donors (Lipinski definition) is 3. The Hall–Kier alpha value is -1.36. The molecule has 0 amide bonds. The lowest BCUT2D eigenvalue weighted by atomic mass is 9.55. The Kier molecular flexibility index (Phi) is 13.7. The Morgan fingerprint density at radius 2 is 1.79 bits per heavy atom. The van der Waals surface area contributed by atoms with E-state index in [2.05, 4.69) is 46.9 Å². The van der Waals surface area contributed by atoms with Crippen LogP contribution in [0.4, 0.5) is 0 Å². The third-order valence-corrected chi connectivity index (χ3v) is 9.57. The Bertz CT molecular complexity index is 847. The van der Waals surface area contributed by atoms with Crippen molar-refractivity contribution in [3.8, 4) is 0 Å². The highest BCUT2D eigenvalue weighted by molar-refractivity contribution is 5.34. The summed E-state index contributed by atoms with van der Waals surface area (Å²) in [4.78, 5) is 0. The monoisotopic (exact) mass is 546 g/mol. The molecule has 3 rings (SSSR count). The number of rotatable bonds is 9. The Labute approximate surface area is 241 Å². The molecule has 6 atom stereocenters. The first-order chi connectivity index (χ1) is 17.6. The minimum atomic E-state index is -0.571. The van der Waals surface area contributed by atoms with Crippen LogP contribution in [-0.2, 0) is 4.74 Å². The number of hydrogen-bond acceptors (Lipinski definition) is 4. The minimum Gasteiger partial charge on any atom is -0.499 e. The second-order valence-corrected chi connectivity index (χ2v) is 13.7. The summed E-state index contributed by atoms with van der Waals surface area (Å²) in [7, 11) is 0. The lowest BCUT2D eigenvalue weighted by Gasteiger charge is -2.49. The topological polar surface area (TPSA) is 69.9 Å². The fraction of sp³-hybridized carbons (Fsp3) is 0.771. The van der Waals surface area contributed by atoms with E-state index in [-0.39, 0.29) is 18.9 Å². The van der Waals surface area contributed by atoms with Gasteiger partial charge in [-0.05, 0) is 132 Å². The molecule has 3 aliphatic rings. The molecule has 3 N–H and O–H groups in total. The number of allylic oxidation sites excluding steroid dienone is 3. The summed E-state index contributed by atoms with van der Waals surface area (Å²) in [6.07, 6.45) is 17.1. The van der Waals surface area contributed by atoms with Crippen LogP contribution < -0.4 is 0 Å². The van der Waals surface area contributed by atoms with Crippen molar-refractivity contribution in [1.82, 2.24) is 0 Å². The number of aliphatic hydroxyl groups is 3. The molecule has 0 radical (unpaired) electrons. The maximum Gasteiger partial charge on any atom is 0.0922 e. The van der Waals surface area contributed by atoms with E-state index < -0.39 is 17.8 Å². The van der Waals surface area contributed by atoms with Crippen LogP contribution in [0.3, 0.4) is 0 Å². The molecule has 0 saturated heterocycles. The van der Waals surface area contributed by atoms with Crippen LogP contribution in [0.5, 0.6) is 0 Å². The zero-order chi connectivity index (χ0) is 28.7. The van der Waals surface area contributed by atoms with E-state index in [1.54, 1.807) is 0 Å². The predicted molar refractivity (Wildman–Crippen MR) is 166 cm³/mol. The van der Waals surface area contributed by atoms with Gasteiger partial charge in [-0.3, -0.25) is 0 Å². The third-order valence-electron chi connectivity index (χ3n) is 9.57. The average Bonchev–Trinajstić information content (AvgIpc) is 3.17. The van der Waals surface area contributed by atoms with Crippen molar-refractivity contribution in [1.29, 1.82) is 0 Å². The summed E-state index contributed by atoms with van der Waals surface area (Å²) in [6.45, 7) is 23.1. The van der Waals surface area contributed by atoms with Crippen molar-refractivity contribution in [2.45, 2.75) is 150 Å². The predicted octanol–water partition coefficient (Wildman–Crippen LogP) is 8.68. The molecule has 4 nitrogen and oxygen atoms in total. The molecule has 3 unspecified atom stereocenters. The standard InChI is InChI=1S/C25H44O2.C9H14O2.CH4/c1-19(2)27-18-10-16-24(6,15-9-14-23(4,5)26)22-13-12-21-20(3)11-8-17-25(21,22)7;1-3-7-4-8(10)5-9(11)6(7)2;/h10,18-19,21-22,26H,3,8-9,11-17H2,1-2,4-7H3;3,8-11H,2,4-5H2,1H3;1H4/b18-10-;7-3-;/t21?,22-,24+,25?;8-,9?;/m11./s1. The normalized spacial score (nSPS) is 31.9. The number of ether oxygens (including phenoxy) is 1. The maximum absolute atomic E-state index is 10.2. The van der Waals surface area contributed by atoms with Gasteiger partial charge in [0.15, 0.2) is 0 Å². The highest BCUT2D eigenvalue weighted by Crippen LogP contribution is 2.63. The molecular weight excluding hydrogens is 484 g/mol. The molecule has 0 heterocycles. The first kappa shape index (κ1) is 35.7. The van der Waals surface area contributed by atoms with Crippen LogP contribution in [0.2, 0.25) is 0 Å². The maximum atomic E-state index is 10.2. The van der Waals surface area contributed by atoms with E-state index in [1.165, 1.54) is 44.1 Å². The summed E-state index contributed by atoms with van der Waals surface area (Å²) in [6, 6.07) is 0. The summed E-state index contributed by atoms with van der Waals surface area (Å²) < 4.78 is 5.67. The fourth-order valence-corrected chi connectivity index (χ4v) is 7.53. The van der Waals surface area contributed by atoms with E-state index in [9.17, 15) is 15.3 Å². The molecule has 0 spiro atoms. The van der Waals surface area contributed by atoms with Crippen LogP contribution in [0.1, 0.15) is 127 Å². The van der Waals surface area contributed by atoms with Crippen molar-refractivity contribution in [2.24, 2.45) is 22.7 Å². The molecule has 3 saturated carbocycles. The minimum absolute atomic E-state index is 0. The van der Waals surface area contributed by atoms with E-state index >= 15 is 0 Å².